The minimum absolute atomic E-state index is 0.0453. The largest absolute Gasteiger partial charge is 0.354 e. The smallest absolute Gasteiger partial charge is 0.260 e. The summed E-state index contributed by atoms with van der Waals surface area (Å²) >= 11 is 1.48. The summed E-state index contributed by atoms with van der Waals surface area (Å²) < 4.78 is 1.81. The van der Waals surface area contributed by atoms with Gasteiger partial charge in [0.15, 0.2) is 0 Å². The molecule has 2 atom stereocenters. The summed E-state index contributed by atoms with van der Waals surface area (Å²) in [4.78, 5) is 22.5. The average Bonchev–Trinajstić information content (AvgIpc) is 2.64. The zero-order valence-electron chi connectivity index (χ0n) is 10.0. The lowest BCUT2D eigenvalue weighted by atomic mass is 9.85. The molecule has 0 bridgehead atoms. The topological polar surface area (TPSA) is 51.1 Å². The standard InChI is InChI=1S/C12H18N2O2S/c1-9(15)13-11-4-2-3-10(7-11)8-14-12(16)5-6-17-14/h5-6,10-11H,2-4,7-8H2,1H3,(H,13,15). The summed E-state index contributed by atoms with van der Waals surface area (Å²) in [6, 6.07) is 1.90. The van der Waals surface area contributed by atoms with Crippen molar-refractivity contribution in [3.05, 3.63) is 21.8 Å². The Hall–Kier alpha value is -1.10. The van der Waals surface area contributed by atoms with Crippen LogP contribution >= 0.6 is 11.5 Å². The summed E-state index contributed by atoms with van der Waals surface area (Å²) in [6.45, 7) is 2.36. The third-order valence-corrected chi connectivity index (χ3v) is 4.10. The molecule has 0 radical (unpaired) electrons. The quantitative estimate of drug-likeness (QED) is 0.891. The number of rotatable bonds is 3. The van der Waals surface area contributed by atoms with Gasteiger partial charge in [-0.25, -0.2) is 0 Å². The highest BCUT2D eigenvalue weighted by molar-refractivity contribution is 7.04. The molecule has 0 aromatic carbocycles. The molecule has 1 aromatic rings. The molecule has 1 amide bonds. The predicted molar refractivity (Wildman–Crippen MR) is 68.1 cm³/mol. The van der Waals surface area contributed by atoms with Crippen LogP contribution in [-0.4, -0.2) is 15.9 Å². The van der Waals surface area contributed by atoms with Crippen LogP contribution in [0.2, 0.25) is 0 Å². The fourth-order valence-electron chi connectivity index (χ4n) is 2.54. The molecule has 1 heterocycles. The Kier molecular flexibility index (Phi) is 3.99. The van der Waals surface area contributed by atoms with E-state index in [1.807, 2.05) is 5.38 Å². The lowest BCUT2D eigenvalue weighted by molar-refractivity contribution is -0.119. The van der Waals surface area contributed by atoms with E-state index in [1.165, 1.54) is 11.5 Å². The fourth-order valence-corrected chi connectivity index (χ4v) is 3.33. The minimum atomic E-state index is 0.0453. The molecule has 1 saturated carbocycles. The second-order valence-electron chi connectivity index (χ2n) is 4.74. The molecule has 0 saturated heterocycles. The zero-order chi connectivity index (χ0) is 12.3. The molecular weight excluding hydrogens is 236 g/mol. The molecular formula is C12H18N2O2S. The van der Waals surface area contributed by atoms with Gasteiger partial charge in [-0.05, 0) is 25.2 Å². The van der Waals surface area contributed by atoms with Crippen LogP contribution in [0.5, 0.6) is 0 Å². The van der Waals surface area contributed by atoms with Crippen LogP contribution in [-0.2, 0) is 11.3 Å². The minimum Gasteiger partial charge on any atom is -0.354 e. The van der Waals surface area contributed by atoms with Gasteiger partial charge in [-0.2, -0.15) is 0 Å². The van der Waals surface area contributed by atoms with Gasteiger partial charge in [0.05, 0.1) is 0 Å². The van der Waals surface area contributed by atoms with Gasteiger partial charge < -0.3 is 5.32 Å². The molecule has 0 aliphatic heterocycles. The van der Waals surface area contributed by atoms with Crippen molar-refractivity contribution in [1.82, 2.24) is 9.27 Å². The molecule has 1 aliphatic rings. The summed E-state index contributed by atoms with van der Waals surface area (Å²) in [6.07, 6.45) is 4.34. The SMILES string of the molecule is CC(=O)NC1CCCC(Cn2sccc2=O)C1. The number of carbonyl (C=O) groups is 1. The lowest BCUT2D eigenvalue weighted by Crippen LogP contribution is -2.38. The molecule has 17 heavy (non-hydrogen) atoms. The van der Waals surface area contributed by atoms with E-state index in [4.69, 9.17) is 0 Å². The number of hydrogen-bond donors (Lipinski definition) is 1. The molecule has 4 nitrogen and oxygen atoms in total. The monoisotopic (exact) mass is 254 g/mol. The second-order valence-corrected chi connectivity index (χ2v) is 5.66. The van der Waals surface area contributed by atoms with Crippen molar-refractivity contribution >= 4 is 17.4 Å². The molecule has 0 spiro atoms. The van der Waals surface area contributed by atoms with Crippen LogP contribution in [0.1, 0.15) is 32.6 Å². The van der Waals surface area contributed by atoms with Crippen molar-refractivity contribution in [1.29, 1.82) is 0 Å². The van der Waals surface area contributed by atoms with Gasteiger partial charge in [0.2, 0.25) is 5.91 Å². The number of amides is 1. The summed E-state index contributed by atoms with van der Waals surface area (Å²) in [5.74, 6) is 0.556. The van der Waals surface area contributed by atoms with Crippen LogP contribution in [0.15, 0.2) is 16.2 Å². The number of carbonyl (C=O) groups excluding carboxylic acids is 1. The van der Waals surface area contributed by atoms with Gasteiger partial charge in [0.25, 0.3) is 5.56 Å². The summed E-state index contributed by atoms with van der Waals surface area (Å²) in [5.41, 5.74) is 0.0941. The van der Waals surface area contributed by atoms with E-state index >= 15 is 0 Å². The first-order chi connectivity index (χ1) is 8.15. The van der Waals surface area contributed by atoms with Crippen molar-refractivity contribution in [3.8, 4) is 0 Å². The third kappa shape index (κ3) is 3.43. The van der Waals surface area contributed by atoms with Crippen molar-refractivity contribution in [3.63, 3.8) is 0 Å². The highest BCUT2D eigenvalue weighted by Gasteiger charge is 2.23. The third-order valence-electron chi connectivity index (χ3n) is 3.26. The van der Waals surface area contributed by atoms with E-state index in [1.54, 1.807) is 16.9 Å². The number of aromatic nitrogens is 1. The average molecular weight is 254 g/mol. The molecule has 2 rings (SSSR count). The van der Waals surface area contributed by atoms with Crippen molar-refractivity contribution in [2.75, 3.05) is 0 Å². The highest BCUT2D eigenvalue weighted by Crippen LogP contribution is 2.25. The van der Waals surface area contributed by atoms with Gasteiger partial charge >= 0.3 is 0 Å². The van der Waals surface area contributed by atoms with Gasteiger partial charge in [-0.1, -0.05) is 18.0 Å². The Labute approximate surface area is 105 Å². The van der Waals surface area contributed by atoms with E-state index in [2.05, 4.69) is 5.32 Å². The first-order valence-corrected chi connectivity index (χ1v) is 6.90. The van der Waals surface area contributed by atoms with E-state index in [9.17, 15) is 9.59 Å². The normalized spacial score (nSPS) is 24.5. The maximum atomic E-state index is 11.5. The van der Waals surface area contributed by atoms with Gasteiger partial charge in [-0.3, -0.25) is 13.5 Å². The summed E-state index contributed by atoms with van der Waals surface area (Å²) in [5, 5.41) is 4.81. The van der Waals surface area contributed by atoms with Crippen molar-refractivity contribution < 1.29 is 4.79 Å². The van der Waals surface area contributed by atoms with Crippen LogP contribution in [0.25, 0.3) is 0 Å². The number of nitrogens with zero attached hydrogens (tertiary/aromatic N) is 1. The van der Waals surface area contributed by atoms with Gasteiger partial charge in [-0.15, -0.1) is 0 Å². The van der Waals surface area contributed by atoms with Gasteiger partial charge in [0, 0.05) is 31.0 Å². The molecule has 1 aromatic heterocycles. The number of hydrogen-bond acceptors (Lipinski definition) is 3. The second kappa shape index (κ2) is 5.49. The molecule has 5 heteroatoms. The van der Waals surface area contributed by atoms with Crippen LogP contribution in [0, 0.1) is 5.92 Å². The maximum Gasteiger partial charge on any atom is 0.260 e. The Balaban J connectivity index is 1.91. The van der Waals surface area contributed by atoms with Gasteiger partial charge in [0.1, 0.15) is 0 Å². The molecule has 94 valence electrons. The molecule has 1 N–H and O–H groups in total. The zero-order valence-corrected chi connectivity index (χ0v) is 10.8. The summed E-state index contributed by atoms with van der Waals surface area (Å²) in [7, 11) is 0. The molecule has 1 fully saturated rings. The molecule has 1 aliphatic carbocycles. The Bertz CT molecular complexity index is 438. The lowest BCUT2D eigenvalue weighted by Gasteiger charge is -2.29. The van der Waals surface area contributed by atoms with E-state index in [0.717, 1.165) is 32.2 Å². The van der Waals surface area contributed by atoms with E-state index in [-0.39, 0.29) is 11.5 Å². The number of nitrogens with one attached hydrogen (secondary N) is 1. The van der Waals surface area contributed by atoms with Crippen LogP contribution in [0.3, 0.4) is 0 Å². The molecule has 2 unspecified atom stereocenters. The Morgan fingerprint density at radius 3 is 3.06 bits per heavy atom. The van der Waals surface area contributed by atoms with Crippen LogP contribution < -0.4 is 10.9 Å². The Morgan fingerprint density at radius 1 is 1.59 bits per heavy atom. The first kappa shape index (κ1) is 12.4. The Morgan fingerprint density at radius 2 is 2.41 bits per heavy atom. The van der Waals surface area contributed by atoms with Crippen LogP contribution in [0.4, 0.5) is 0 Å². The highest BCUT2D eigenvalue weighted by atomic mass is 32.1. The predicted octanol–water partition coefficient (Wildman–Crippen LogP) is 1.60. The van der Waals surface area contributed by atoms with Crippen molar-refractivity contribution in [2.45, 2.75) is 45.2 Å². The van der Waals surface area contributed by atoms with E-state index < -0.39 is 0 Å². The maximum absolute atomic E-state index is 11.5. The van der Waals surface area contributed by atoms with E-state index in [0.29, 0.717) is 12.0 Å². The fraction of sp³-hybridized carbons (Fsp3) is 0.667. The van der Waals surface area contributed by atoms with Crippen molar-refractivity contribution in [2.24, 2.45) is 5.92 Å². The first-order valence-electron chi connectivity index (χ1n) is 6.07.